The molecule has 150 valence electrons. The predicted octanol–water partition coefficient (Wildman–Crippen LogP) is 3.25. The highest BCUT2D eigenvalue weighted by Gasteiger charge is 2.25. The Morgan fingerprint density at radius 3 is 2.17 bits per heavy atom. The SMILES string of the molecule is CC(C)[C@H](NC(=O)Cc1ccccc1)C(=O)Nc1ccnn1Cc1ccccc1. The summed E-state index contributed by atoms with van der Waals surface area (Å²) in [6, 6.07) is 20.5. The molecule has 0 aliphatic carbocycles. The summed E-state index contributed by atoms with van der Waals surface area (Å²) in [5.41, 5.74) is 2.00. The van der Waals surface area contributed by atoms with Crippen molar-refractivity contribution in [3.63, 3.8) is 0 Å². The van der Waals surface area contributed by atoms with E-state index in [1.54, 1.807) is 16.9 Å². The van der Waals surface area contributed by atoms with Gasteiger partial charge in [-0.1, -0.05) is 74.5 Å². The van der Waals surface area contributed by atoms with E-state index in [1.807, 2.05) is 74.5 Å². The Balaban J connectivity index is 1.64. The average Bonchev–Trinajstić information content (AvgIpc) is 3.14. The van der Waals surface area contributed by atoms with Crippen LogP contribution in [0.15, 0.2) is 72.9 Å². The van der Waals surface area contributed by atoms with Crippen molar-refractivity contribution in [1.82, 2.24) is 15.1 Å². The number of hydrogen-bond donors (Lipinski definition) is 2. The summed E-state index contributed by atoms with van der Waals surface area (Å²) in [4.78, 5) is 25.3. The molecule has 2 aromatic carbocycles. The molecule has 6 heteroatoms. The molecule has 0 spiro atoms. The molecule has 0 aliphatic heterocycles. The van der Waals surface area contributed by atoms with E-state index < -0.39 is 6.04 Å². The van der Waals surface area contributed by atoms with E-state index in [9.17, 15) is 9.59 Å². The fourth-order valence-electron chi connectivity index (χ4n) is 3.07. The Labute approximate surface area is 170 Å². The van der Waals surface area contributed by atoms with Gasteiger partial charge in [0.15, 0.2) is 0 Å². The van der Waals surface area contributed by atoms with Gasteiger partial charge in [0.25, 0.3) is 0 Å². The second-order valence-electron chi connectivity index (χ2n) is 7.30. The Morgan fingerprint density at radius 2 is 1.55 bits per heavy atom. The number of carbonyl (C=O) groups excluding carboxylic acids is 2. The third-order valence-electron chi connectivity index (χ3n) is 4.62. The van der Waals surface area contributed by atoms with Crippen molar-refractivity contribution in [1.29, 1.82) is 0 Å². The lowest BCUT2D eigenvalue weighted by Crippen LogP contribution is -2.47. The fraction of sp³-hybridized carbons (Fsp3) is 0.261. The second-order valence-corrected chi connectivity index (χ2v) is 7.30. The van der Waals surface area contributed by atoms with Gasteiger partial charge in [-0.2, -0.15) is 5.10 Å². The third-order valence-corrected chi connectivity index (χ3v) is 4.62. The van der Waals surface area contributed by atoms with Crippen LogP contribution in [0.3, 0.4) is 0 Å². The smallest absolute Gasteiger partial charge is 0.248 e. The van der Waals surface area contributed by atoms with Crippen LogP contribution in [0.5, 0.6) is 0 Å². The van der Waals surface area contributed by atoms with Gasteiger partial charge in [0, 0.05) is 6.07 Å². The highest BCUT2D eigenvalue weighted by Crippen LogP contribution is 2.12. The molecule has 0 aliphatic rings. The van der Waals surface area contributed by atoms with Gasteiger partial charge in [-0.15, -0.1) is 0 Å². The first-order valence-corrected chi connectivity index (χ1v) is 9.73. The zero-order chi connectivity index (χ0) is 20.6. The minimum absolute atomic E-state index is 0.0554. The van der Waals surface area contributed by atoms with Crippen molar-refractivity contribution >= 4 is 17.6 Å². The van der Waals surface area contributed by atoms with Gasteiger partial charge in [0.2, 0.25) is 11.8 Å². The van der Waals surface area contributed by atoms with Gasteiger partial charge in [-0.25, -0.2) is 4.68 Å². The Kier molecular flexibility index (Phi) is 6.79. The summed E-state index contributed by atoms with van der Waals surface area (Å²) in [5.74, 6) is 0.112. The lowest BCUT2D eigenvalue weighted by atomic mass is 10.0. The number of rotatable bonds is 8. The molecule has 0 saturated heterocycles. The highest BCUT2D eigenvalue weighted by molar-refractivity contribution is 5.97. The summed E-state index contributed by atoms with van der Waals surface area (Å²) in [7, 11) is 0. The number of hydrogen-bond acceptors (Lipinski definition) is 3. The monoisotopic (exact) mass is 390 g/mol. The van der Waals surface area contributed by atoms with Gasteiger partial charge in [0.1, 0.15) is 11.9 Å². The Morgan fingerprint density at radius 1 is 0.931 bits per heavy atom. The van der Waals surface area contributed by atoms with Crippen molar-refractivity contribution in [2.24, 2.45) is 5.92 Å². The normalized spacial score (nSPS) is 11.8. The molecule has 0 fully saturated rings. The number of nitrogens with zero attached hydrogens (tertiary/aromatic N) is 2. The molecule has 1 atom stereocenters. The molecular weight excluding hydrogens is 364 g/mol. The maximum atomic E-state index is 12.9. The van der Waals surface area contributed by atoms with Crippen LogP contribution in [0.25, 0.3) is 0 Å². The van der Waals surface area contributed by atoms with Crippen LogP contribution in [0.2, 0.25) is 0 Å². The van der Waals surface area contributed by atoms with E-state index in [4.69, 9.17) is 0 Å². The van der Waals surface area contributed by atoms with Gasteiger partial charge < -0.3 is 10.6 Å². The standard InChI is InChI=1S/C23H26N4O2/c1-17(2)22(26-21(28)15-18-9-5-3-6-10-18)23(29)25-20-13-14-24-27(20)16-19-11-7-4-8-12-19/h3-14,17,22H,15-16H2,1-2H3,(H,25,29)(H,26,28)/t22-/m0/s1. The fourth-order valence-corrected chi connectivity index (χ4v) is 3.07. The van der Waals surface area contributed by atoms with E-state index in [1.165, 1.54) is 0 Å². The highest BCUT2D eigenvalue weighted by atomic mass is 16.2. The van der Waals surface area contributed by atoms with Crippen molar-refractivity contribution in [3.8, 4) is 0 Å². The topological polar surface area (TPSA) is 76.0 Å². The van der Waals surface area contributed by atoms with E-state index >= 15 is 0 Å². The van der Waals surface area contributed by atoms with Crippen LogP contribution in [-0.4, -0.2) is 27.6 Å². The quantitative estimate of drug-likeness (QED) is 0.620. The first kappa shape index (κ1) is 20.3. The lowest BCUT2D eigenvalue weighted by Gasteiger charge is -2.22. The number of carbonyl (C=O) groups is 2. The molecule has 1 aromatic heterocycles. The number of anilines is 1. The van der Waals surface area contributed by atoms with E-state index in [2.05, 4.69) is 15.7 Å². The summed E-state index contributed by atoms with van der Waals surface area (Å²) in [6.07, 6.45) is 1.89. The number of benzene rings is 2. The molecule has 6 nitrogen and oxygen atoms in total. The lowest BCUT2D eigenvalue weighted by molar-refractivity contribution is -0.127. The molecule has 3 rings (SSSR count). The minimum Gasteiger partial charge on any atom is -0.344 e. The van der Waals surface area contributed by atoms with Crippen LogP contribution in [0, 0.1) is 5.92 Å². The number of nitrogens with one attached hydrogen (secondary N) is 2. The van der Waals surface area contributed by atoms with Crippen LogP contribution in [-0.2, 0) is 22.6 Å². The van der Waals surface area contributed by atoms with Crippen LogP contribution < -0.4 is 10.6 Å². The molecule has 2 amide bonds. The molecular formula is C23H26N4O2. The van der Waals surface area contributed by atoms with Crippen molar-refractivity contribution < 1.29 is 9.59 Å². The van der Waals surface area contributed by atoms with Gasteiger partial charge in [0.05, 0.1) is 19.2 Å². The maximum Gasteiger partial charge on any atom is 0.248 e. The van der Waals surface area contributed by atoms with E-state index in [0.29, 0.717) is 12.4 Å². The summed E-state index contributed by atoms with van der Waals surface area (Å²) >= 11 is 0. The van der Waals surface area contributed by atoms with Crippen LogP contribution >= 0.6 is 0 Å². The second kappa shape index (κ2) is 9.68. The molecule has 2 N–H and O–H groups in total. The maximum absolute atomic E-state index is 12.9. The summed E-state index contributed by atoms with van der Waals surface area (Å²) in [6.45, 7) is 4.37. The zero-order valence-corrected chi connectivity index (χ0v) is 16.7. The predicted molar refractivity (Wildman–Crippen MR) is 113 cm³/mol. The molecule has 0 bridgehead atoms. The zero-order valence-electron chi connectivity index (χ0n) is 16.7. The molecule has 3 aromatic rings. The third kappa shape index (κ3) is 5.78. The largest absolute Gasteiger partial charge is 0.344 e. The number of aromatic nitrogens is 2. The summed E-state index contributed by atoms with van der Waals surface area (Å²) < 4.78 is 1.73. The van der Waals surface area contributed by atoms with Crippen molar-refractivity contribution in [3.05, 3.63) is 84.1 Å². The molecule has 0 unspecified atom stereocenters. The first-order valence-electron chi connectivity index (χ1n) is 9.73. The molecule has 0 radical (unpaired) electrons. The Hall–Kier alpha value is -3.41. The first-order chi connectivity index (χ1) is 14.0. The average molecular weight is 390 g/mol. The van der Waals surface area contributed by atoms with E-state index in [0.717, 1.165) is 11.1 Å². The van der Waals surface area contributed by atoms with Gasteiger partial charge in [-0.05, 0) is 17.0 Å². The van der Waals surface area contributed by atoms with Crippen molar-refractivity contribution in [2.45, 2.75) is 32.9 Å². The van der Waals surface area contributed by atoms with Crippen molar-refractivity contribution in [2.75, 3.05) is 5.32 Å². The molecule has 0 saturated carbocycles. The van der Waals surface area contributed by atoms with Crippen LogP contribution in [0.1, 0.15) is 25.0 Å². The molecule has 29 heavy (non-hydrogen) atoms. The van der Waals surface area contributed by atoms with Gasteiger partial charge >= 0.3 is 0 Å². The van der Waals surface area contributed by atoms with Gasteiger partial charge in [-0.3, -0.25) is 9.59 Å². The number of amides is 2. The minimum atomic E-state index is -0.633. The van der Waals surface area contributed by atoms with Crippen LogP contribution in [0.4, 0.5) is 5.82 Å². The summed E-state index contributed by atoms with van der Waals surface area (Å²) in [5, 5.41) is 10.1. The Bertz CT molecular complexity index is 936. The molecule has 1 heterocycles. The van der Waals surface area contributed by atoms with E-state index in [-0.39, 0.29) is 24.2 Å².